The fourth-order valence-corrected chi connectivity index (χ4v) is 3.13. The van der Waals surface area contributed by atoms with E-state index in [1.54, 1.807) is 25.1 Å². The van der Waals surface area contributed by atoms with Crippen LogP contribution in [0.3, 0.4) is 0 Å². The van der Waals surface area contributed by atoms with Crippen molar-refractivity contribution < 1.29 is 24.3 Å². The first kappa shape index (κ1) is 17.1. The monoisotopic (exact) mass is 345 g/mol. The minimum Gasteiger partial charge on any atom is -0.392 e. The van der Waals surface area contributed by atoms with Gasteiger partial charge < -0.3 is 15.3 Å². The molecule has 8 nitrogen and oxygen atoms in total. The Bertz CT molecular complexity index is 759. The minimum absolute atomic E-state index is 0.104. The third-order valence-corrected chi connectivity index (χ3v) is 4.38. The summed E-state index contributed by atoms with van der Waals surface area (Å²) in [5.41, 5.74) is 1.29. The molecule has 0 spiro atoms. The van der Waals surface area contributed by atoms with Crippen LogP contribution in [0.15, 0.2) is 18.2 Å². The number of imide groups is 1. The molecule has 2 aliphatic rings. The number of hydrogen-bond donors (Lipinski definition) is 3. The Kier molecular flexibility index (Phi) is 4.54. The standard InChI is InChI=1S/C17H19N3O5/c1-9(21)7-18-15(23)10-3-2-4-11-12(10)8-20(17(11)25)13-5-6-14(22)19-16(13)24/h2-4,9,13,21H,5-8H2,1H3,(H,18,23)(H,19,22,24). The van der Waals surface area contributed by atoms with Gasteiger partial charge in [-0.2, -0.15) is 0 Å². The van der Waals surface area contributed by atoms with Gasteiger partial charge in [-0.1, -0.05) is 6.07 Å². The van der Waals surface area contributed by atoms with Crippen molar-refractivity contribution in [3.8, 4) is 0 Å². The third-order valence-electron chi connectivity index (χ3n) is 4.38. The Morgan fingerprint density at radius 3 is 2.84 bits per heavy atom. The molecule has 3 rings (SSSR count). The number of aliphatic hydroxyl groups is 1. The van der Waals surface area contributed by atoms with Crippen molar-refractivity contribution in [3.63, 3.8) is 0 Å². The Morgan fingerprint density at radius 2 is 2.16 bits per heavy atom. The van der Waals surface area contributed by atoms with Gasteiger partial charge in [-0.25, -0.2) is 0 Å². The van der Waals surface area contributed by atoms with E-state index in [0.29, 0.717) is 16.7 Å². The molecule has 1 aromatic carbocycles. The van der Waals surface area contributed by atoms with Crippen LogP contribution in [0.2, 0.25) is 0 Å². The molecule has 1 saturated heterocycles. The Labute approximate surface area is 144 Å². The number of benzene rings is 1. The smallest absolute Gasteiger partial charge is 0.255 e. The van der Waals surface area contributed by atoms with Crippen LogP contribution >= 0.6 is 0 Å². The van der Waals surface area contributed by atoms with E-state index < -0.39 is 18.1 Å². The maximum absolute atomic E-state index is 12.7. The van der Waals surface area contributed by atoms with Crippen molar-refractivity contribution in [2.75, 3.05) is 6.54 Å². The summed E-state index contributed by atoms with van der Waals surface area (Å²) in [6, 6.07) is 4.13. The quantitative estimate of drug-likeness (QED) is 0.640. The molecule has 2 heterocycles. The second-order valence-corrected chi connectivity index (χ2v) is 6.29. The molecule has 0 bridgehead atoms. The highest BCUT2D eigenvalue weighted by molar-refractivity contribution is 6.07. The van der Waals surface area contributed by atoms with Gasteiger partial charge in [-0.05, 0) is 31.0 Å². The first-order valence-electron chi connectivity index (χ1n) is 8.11. The lowest BCUT2D eigenvalue weighted by molar-refractivity contribution is -0.136. The van der Waals surface area contributed by atoms with Gasteiger partial charge in [0.25, 0.3) is 11.8 Å². The van der Waals surface area contributed by atoms with Gasteiger partial charge in [0.05, 0.1) is 6.10 Å². The SMILES string of the molecule is CC(O)CNC(=O)c1cccc2c1CN(C1CCC(=O)NC1=O)C2=O. The van der Waals surface area contributed by atoms with Crippen LogP contribution in [-0.4, -0.2) is 52.3 Å². The number of amides is 4. The fourth-order valence-electron chi connectivity index (χ4n) is 3.13. The molecule has 3 N–H and O–H groups in total. The highest BCUT2D eigenvalue weighted by Crippen LogP contribution is 2.29. The lowest BCUT2D eigenvalue weighted by Crippen LogP contribution is -2.52. The van der Waals surface area contributed by atoms with Crippen LogP contribution < -0.4 is 10.6 Å². The average molecular weight is 345 g/mol. The van der Waals surface area contributed by atoms with E-state index in [4.69, 9.17) is 0 Å². The molecule has 0 radical (unpaired) electrons. The number of nitrogens with one attached hydrogen (secondary N) is 2. The molecule has 25 heavy (non-hydrogen) atoms. The van der Waals surface area contributed by atoms with Crippen molar-refractivity contribution in [1.29, 1.82) is 0 Å². The molecule has 132 valence electrons. The van der Waals surface area contributed by atoms with E-state index in [2.05, 4.69) is 10.6 Å². The highest BCUT2D eigenvalue weighted by atomic mass is 16.3. The maximum Gasteiger partial charge on any atom is 0.255 e. The molecule has 8 heteroatoms. The topological polar surface area (TPSA) is 116 Å². The Balaban J connectivity index is 1.84. The van der Waals surface area contributed by atoms with E-state index in [1.165, 1.54) is 4.90 Å². The summed E-state index contributed by atoms with van der Waals surface area (Å²) in [5.74, 6) is -1.54. The van der Waals surface area contributed by atoms with Crippen LogP contribution in [0.1, 0.15) is 46.0 Å². The van der Waals surface area contributed by atoms with Crippen molar-refractivity contribution in [3.05, 3.63) is 34.9 Å². The molecular weight excluding hydrogens is 326 g/mol. The van der Waals surface area contributed by atoms with Gasteiger partial charge in [0.1, 0.15) is 6.04 Å². The van der Waals surface area contributed by atoms with Gasteiger partial charge in [0.2, 0.25) is 11.8 Å². The summed E-state index contributed by atoms with van der Waals surface area (Å²) in [5, 5.41) is 14.2. The number of fused-ring (bicyclic) bond motifs is 1. The van der Waals surface area contributed by atoms with Gasteiger partial charge >= 0.3 is 0 Å². The van der Waals surface area contributed by atoms with Crippen molar-refractivity contribution in [2.45, 2.75) is 38.5 Å². The minimum atomic E-state index is -0.717. The second kappa shape index (κ2) is 6.64. The average Bonchev–Trinajstić information content (AvgIpc) is 2.89. The molecule has 2 aliphatic heterocycles. The van der Waals surface area contributed by atoms with E-state index >= 15 is 0 Å². The Morgan fingerprint density at radius 1 is 1.40 bits per heavy atom. The molecule has 4 amide bonds. The van der Waals surface area contributed by atoms with E-state index in [-0.39, 0.29) is 43.7 Å². The number of carbonyl (C=O) groups is 4. The van der Waals surface area contributed by atoms with Gasteiger partial charge in [0, 0.05) is 30.6 Å². The summed E-state index contributed by atoms with van der Waals surface area (Å²) in [4.78, 5) is 49.7. The summed E-state index contributed by atoms with van der Waals surface area (Å²) >= 11 is 0. The number of rotatable bonds is 4. The zero-order chi connectivity index (χ0) is 18.1. The van der Waals surface area contributed by atoms with Gasteiger partial charge in [-0.3, -0.25) is 24.5 Å². The number of hydrogen-bond acceptors (Lipinski definition) is 5. The molecular formula is C17H19N3O5. The second-order valence-electron chi connectivity index (χ2n) is 6.29. The largest absolute Gasteiger partial charge is 0.392 e. The summed E-state index contributed by atoms with van der Waals surface area (Å²) in [6.07, 6.45) is -0.228. The normalized spacial score (nSPS) is 21.0. The lowest BCUT2D eigenvalue weighted by Gasteiger charge is -2.29. The number of aliphatic hydroxyl groups excluding tert-OH is 1. The van der Waals surface area contributed by atoms with E-state index in [0.717, 1.165) is 0 Å². The maximum atomic E-state index is 12.7. The zero-order valence-electron chi connectivity index (χ0n) is 13.7. The van der Waals surface area contributed by atoms with Crippen LogP contribution in [-0.2, 0) is 16.1 Å². The third kappa shape index (κ3) is 3.25. The molecule has 1 fully saturated rings. The summed E-state index contributed by atoms with van der Waals surface area (Å²) in [6.45, 7) is 1.80. The molecule has 0 aliphatic carbocycles. The van der Waals surface area contributed by atoms with Gasteiger partial charge in [0.15, 0.2) is 0 Å². The predicted octanol–water partition coefficient (Wildman–Crippen LogP) is -0.442. The predicted molar refractivity (Wildman–Crippen MR) is 86.5 cm³/mol. The fraction of sp³-hybridized carbons (Fsp3) is 0.412. The molecule has 2 unspecified atom stereocenters. The molecule has 0 aromatic heterocycles. The Hall–Kier alpha value is -2.74. The summed E-state index contributed by atoms with van der Waals surface area (Å²) in [7, 11) is 0. The van der Waals surface area contributed by atoms with Crippen LogP contribution in [0.5, 0.6) is 0 Å². The van der Waals surface area contributed by atoms with Crippen molar-refractivity contribution in [2.24, 2.45) is 0 Å². The van der Waals surface area contributed by atoms with Crippen LogP contribution in [0, 0.1) is 0 Å². The first-order valence-corrected chi connectivity index (χ1v) is 8.11. The lowest BCUT2D eigenvalue weighted by atomic mass is 10.0. The van der Waals surface area contributed by atoms with Crippen molar-refractivity contribution >= 4 is 23.6 Å². The summed E-state index contributed by atoms with van der Waals surface area (Å²) < 4.78 is 0. The van der Waals surface area contributed by atoms with Crippen molar-refractivity contribution in [1.82, 2.24) is 15.5 Å². The number of nitrogens with zero attached hydrogens (tertiary/aromatic N) is 1. The molecule has 1 aromatic rings. The van der Waals surface area contributed by atoms with E-state index in [1.807, 2.05) is 0 Å². The zero-order valence-corrected chi connectivity index (χ0v) is 13.7. The molecule has 0 saturated carbocycles. The number of piperidine rings is 1. The first-order chi connectivity index (χ1) is 11.9. The number of carbonyl (C=O) groups excluding carboxylic acids is 4. The van der Waals surface area contributed by atoms with Gasteiger partial charge in [-0.15, -0.1) is 0 Å². The van der Waals surface area contributed by atoms with E-state index in [9.17, 15) is 24.3 Å². The molecule has 2 atom stereocenters. The van der Waals surface area contributed by atoms with Crippen LogP contribution in [0.25, 0.3) is 0 Å². The van der Waals surface area contributed by atoms with Crippen LogP contribution in [0.4, 0.5) is 0 Å². The highest BCUT2D eigenvalue weighted by Gasteiger charge is 2.40.